The second-order valence-electron chi connectivity index (χ2n) is 4.42. The van der Waals surface area contributed by atoms with Gasteiger partial charge in [0.15, 0.2) is 0 Å². The van der Waals surface area contributed by atoms with Crippen molar-refractivity contribution >= 4 is 5.91 Å². The van der Waals surface area contributed by atoms with Crippen LogP contribution in [0, 0.1) is 5.92 Å². The van der Waals surface area contributed by atoms with Gasteiger partial charge in [0, 0.05) is 25.0 Å². The van der Waals surface area contributed by atoms with E-state index < -0.39 is 0 Å². The highest BCUT2D eigenvalue weighted by Gasteiger charge is 2.29. The second kappa shape index (κ2) is 4.09. The van der Waals surface area contributed by atoms with Crippen LogP contribution in [0.3, 0.4) is 0 Å². The van der Waals surface area contributed by atoms with Crippen LogP contribution in [0.1, 0.15) is 33.6 Å². The minimum absolute atomic E-state index is 0.0180. The number of carbonyl (C=O) groups is 1. The maximum Gasteiger partial charge on any atom is 0.224 e. The van der Waals surface area contributed by atoms with Crippen LogP contribution >= 0.6 is 0 Å². The Morgan fingerprint density at radius 1 is 1.62 bits per heavy atom. The summed E-state index contributed by atoms with van der Waals surface area (Å²) in [5.41, 5.74) is 5.59. The van der Waals surface area contributed by atoms with Crippen molar-refractivity contribution in [2.45, 2.75) is 45.7 Å². The van der Waals surface area contributed by atoms with E-state index in [9.17, 15) is 4.79 Å². The standard InChI is InChI=1S/C10H20N2O/c1-7-4-9(3)12(6-7)10(13)5-8(2)11/h7-9H,4-6,11H2,1-3H3. The number of hydrogen-bond acceptors (Lipinski definition) is 2. The number of rotatable bonds is 2. The Kier molecular flexibility index (Phi) is 3.31. The van der Waals surface area contributed by atoms with Gasteiger partial charge < -0.3 is 10.6 Å². The third-order valence-electron chi connectivity index (χ3n) is 2.60. The normalized spacial score (nSPS) is 30.6. The van der Waals surface area contributed by atoms with Crippen LogP contribution in [0.25, 0.3) is 0 Å². The lowest BCUT2D eigenvalue weighted by Crippen LogP contribution is -2.37. The molecule has 1 heterocycles. The van der Waals surface area contributed by atoms with Gasteiger partial charge in [-0.25, -0.2) is 0 Å². The van der Waals surface area contributed by atoms with Gasteiger partial charge in [0.05, 0.1) is 0 Å². The Morgan fingerprint density at radius 3 is 2.62 bits per heavy atom. The van der Waals surface area contributed by atoms with E-state index in [0.717, 1.165) is 13.0 Å². The third kappa shape index (κ3) is 2.69. The first kappa shape index (κ1) is 10.5. The first-order valence-electron chi connectivity index (χ1n) is 5.05. The van der Waals surface area contributed by atoms with Gasteiger partial charge in [-0.15, -0.1) is 0 Å². The molecule has 3 nitrogen and oxygen atoms in total. The number of nitrogens with two attached hydrogens (primary N) is 1. The molecule has 0 saturated carbocycles. The van der Waals surface area contributed by atoms with E-state index in [1.807, 2.05) is 11.8 Å². The largest absolute Gasteiger partial charge is 0.340 e. The molecule has 3 unspecified atom stereocenters. The van der Waals surface area contributed by atoms with Crippen molar-refractivity contribution in [3.8, 4) is 0 Å². The van der Waals surface area contributed by atoms with Crippen LogP contribution in [0.15, 0.2) is 0 Å². The molecule has 1 rings (SSSR count). The van der Waals surface area contributed by atoms with E-state index in [0.29, 0.717) is 18.4 Å². The molecule has 3 atom stereocenters. The Hall–Kier alpha value is -0.570. The van der Waals surface area contributed by atoms with E-state index >= 15 is 0 Å². The fraction of sp³-hybridized carbons (Fsp3) is 0.900. The minimum atomic E-state index is -0.0180. The topological polar surface area (TPSA) is 46.3 Å². The summed E-state index contributed by atoms with van der Waals surface area (Å²) >= 11 is 0. The highest BCUT2D eigenvalue weighted by molar-refractivity contribution is 5.77. The van der Waals surface area contributed by atoms with Gasteiger partial charge in [0.25, 0.3) is 0 Å². The van der Waals surface area contributed by atoms with Crippen LogP contribution < -0.4 is 5.73 Å². The fourth-order valence-corrected chi connectivity index (χ4v) is 2.04. The van der Waals surface area contributed by atoms with Gasteiger partial charge in [-0.2, -0.15) is 0 Å². The smallest absolute Gasteiger partial charge is 0.224 e. The highest BCUT2D eigenvalue weighted by atomic mass is 16.2. The number of likely N-dealkylation sites (tertiary alicyclic amines) is 1. The van der Waals surface area contributed by atoms with Gasteiger partial charge in [0.1, 0.15) is 0 Å². The van der Waals surface area contributed by atoms with Crippen LogP contribution in [0.4, 0.5) is 0 Å². The monoisotopic (exact) mass is 184 g/mol. The molecule has 0 aromatic carbocycles. The molecule has 1 saturated heterocycles. The third-order valence-corrected chi connectivity index (χ3v) is 2.60. The second-order valence-corrected chi connectivity index (χ2v) is 4.42. The van der Waals surface area contributed by atoms with Crippen molar-refractivity contribution in [3.63, 3.8) is 0 Å². The number of amides is 1. The predicted molar refractivity (Wildman–Crippen MR) is 53.2 cm³/mol. The number of nitrogens with zero attached hydrogens (tertiary/aromatic N) is 1. The van der Waals surface area contributed by atoms with Crippen molar-refractivity contribution < 1.29 is 4.79 Å². The fourth-order valence-electron chi connectivity index (χ4n) is 2.04. The summed E-state index contributed by atoms with van der Waals surface area (Å²) in [5.74, 6) is 0.860. The van der Waals surface area contributed by atoms with E-state index in [-0.39, 0.29) is 11.9 Å². The molecular weight excluding hydrogens is 164 g/mol. The van der Waals surface area contributed by atoms with Gasteiger partial charge >= 0.3 is 0 Å². The first-order valence-corrected chi connectivity index (χ1v) is 5.05. The summed E-state index contributed by atoms with van der Waals surface area (Å²) in [6.07, 6.45) is 1.61. The summed E-state index contributed by atoms with van der Waals surface area (Å²) < 4.78 is 0. The molecule has 1 fully saturated rings. The molecule has 0 spiro atoms. The zero-order valence-corrected chi connectivity index (χ0v) is 8.79. The molecule has 1 aliphatic rings. The molecule has 0 bridgehead atoms. The quantitative estimate of drug-likeness (QED) is 0.695. The van der Waals surface area contributed by atoms with Crippen molar-refractivity contribution in [1.82, 2.24) is 4.90 Å². The Bertz CT molecular complexity index is 191. The summed E-state index contributed by atoms with van der Waals surface area (Å²) in [6.45, 7) is 7.09. The molecule has 3 heteroatoms. The average molecular weight is 184 g/mol. The van der Waals surface area contributed by atoms with E-state index in [1.165, 1.54) is 0 Å². The predicted octanol–water partition coefficient (Wildman–Crippen LogP) is 0.981. The molecule has 0 radical (unpaired) electrons. The lowest BCUT2D eigenvalue weighted by molar-refractivity contribution is -0.132. The maximum absolute atomic E-state index is 11.7. The molecule has 0 aromatic rings. The molecule has 0 aliphatic carbocycles. The van der Waals surface area contributed by atoms with Crippen molar-refractivity contribution in [3.05, 3.63) is 0 Å². The van der Waals surface area contributed by atoms with Crippen LogP contribution in [-0.2, 0) is 4.79 Å². The van der Waals surface area contributed by atoms with Gasteiger partial charge in [-0.3, -0.25) is 4.79 Å². The van der Waals surface area contributed by atoms with Gasteiger partial charge in [0.2, 0.25) is 5.91 Å². The van der Waals surface area contributed by atoms with E-state index in [4.69, 9.17) is 5.73 Å². The van der Waals surface area contributed by atoms with Crippen LogP contribution in [-0.4, -0.2) is 29.4 Å². The molecule has 2 N–H and O–H groups in total. The average Bonchev–Trinajstić information content (AvgIpc) is 2.28. The van der Waals surface area contributed by atoms with Crippen molar-refractivity contribution in [2.24, 2.45) is 11.7 Å². The van der Waals surface area contributed by atoms with Crippen LogP contribution in [0.5, 0.6) is 0 Å². The number of hydrogen-bond donors (Lipinski definition) is 1. The lowest BCUT2D eigenvalue weighted by atomic mass is 10.1. The maximum atomic E-state index is 11.7. The molecule has 1 amide bonds. The Balaban J connectivity index is 2.47. The molecule has 0 aromatic heterocycles. The van der Waals surface area contributed by atoms with Crippen molar-refractivity contribution in [1.29, 1.82) is 0 Å². The lowest BCUT2D eigenvalue weighted by Gasteiger charge is -2.22. The molecule has 76 valence electrons. The minimum Gasteiger partial charge on any atom is -0.340 e. The first-order chi connectivity index (χ1) is 6.00. The van der Waals surface area contributed by atoms with Gasteiger partial charge in [-0.05, 0) is 26.2 Å². The Labute approximate surface area is 80.3 Å². The molecular formula is C10H20N2O. The summed E-state index contributed by atoms with van der Waals surface area (Å²) in [7, 11) is 0. The number of carbonyl (C=O) groups excluding carboxylic acids is 1. The summed E-state index contributed by atoms with van der Waals surface area (Å²) in [6, 6.07) is 0.386. The Morgan fingerprint density at radius 2 is 2.23 bits per heavy atom. The van der Waals surface area contributed by atoms with E-state index in [1.54, 1.807) is 0 Å². The van der Waals surface area contributed by atoms with Crippen molar-refractivity contribution in [2.75, 3.05) is 6.54 Å². The SMILES string of the molecule is CC(N)CC(=O)N1CC(C)CC1C. The molecule has 13 heavy (non-hydrogen) atoms. The van der Waals surface area contributed by atoms with E-state index in [2.05, 4.69) is 13.8 Å². The zero-order valence-electron chi connectivity index (χ0n) is 8.79. The zero-order chi connectivity index (χ0) is 10.0. The molecule has 1 aliphatic heterocycles. The summed E-state index contributed by atoms with van der Waals surface area (Å²) in [5, 5.41) is 0. The highest BCUT2D eigenvalue weighted by Crippen LogP contribution is 2.22. The summed E-state index contributed by atoms with van der Waals surface area (Å²) in [4.78, 5) is 13.6. The van der Waals surface area contributed by atoms with Gasteiger partial charge in [-0.1, -0.05) is 6.92 Å². The van der Waals surface area contributed by atoms with Crippen LogP contribution in [0.2, 0.25) is 0 Å².